The van der Waals surface area contributed by atoms with Gasteiger partial charge in [-0.15, -0.1) is 10.2 Å². The highest BCUT2D eigenvalue weighted by Crippen LogP contribution is 2.17. The van der Waals surface area contributed by atoms with Crippen LogP contribution in [0.4, 0.5) is 0 Å². The van der Waals surface area contributed by atoms with E-state index in [4.69, 9.17) is 4.42 Å². The van der Waals surface area contributed by atoms with Crippen LogP contribution in [0.1, 0.15) is 18.4 Å². The molecule has 1 aromatic heterocycles. The van der Waals surface area contributed by atoms with Crippen molar-refractivity contribution in [2.75, 3.05) is 0 Å². The van der Waals surface area contributed by atoms with Crippen molar-refractivity contribution < 1.29 is 9.21 Å². The van der Waals surface area contributed by atoms with Crippen LogP contribution in [0.5, 0.6) is 0 Å². The molecule has 0 aliphatic carbocycles. The maximum atomic E-state index is 12.0. The zero-order valence-electron chi connectivity index (χ0n) is 13.3. The molecule has 120 valence electrons. The average molecular weight is 319 g/mol. The van der Waals surface area contributed by atoms with Crippen molar-refractivity contribution in [1.82, 2.24) is 15.5 Å². The minimum atomic E-state index is -0.198. The van der Waals surface area contributed by atoms with Crippen LogP contribution in [0.15, 0.2) is 71.2 Å². The van der Waals surface area contributed by atoms with Crippen LogP contribution in [0.25, 0.3) is 17.0 Å². The molecule has 0 atom stereocenters. The molecule has 5 heteroatoms. The summed E-state index contributed by atoms with van der Waals surface area (Å²) < 4.78 is 5.55. The molecular formula is C19H17N3O2. The summed E-state index contributed by atoms with van der Waals surface area (Å²) >= 11 is 0. The van der Waals surface area contributed by atoms with E-state index in [1.807, 2.05) is 67.6 Å². The number of carbonyl (C=O) groups is 1. The lowest BCUT2D eigenvalue weighted by atomic mass is 10.1. The van der Waals surface area contributed by atoms with E-state index in [1.165, 1.54) is 0 Å². The monoisotopic (exact) mass is 319 g/mol. The number of benzene rings is 2. The second-order valence-electron chi connectivity index (χ2n) is 5.28. The molecule has 1 amide bonds. The summed E-state index contributed by atoms with van der Waals surface area (Å²) in [5.74, 6) is 0.611. The first-order chi connectivity index (χ1) is 11.7. The lowest BCUT2D eigenvalue weighted by Crippen LogP contribution is -2.20. The highest BCUT2D eigenvalue weighted by molar-refractivity contribution is 5.94. The molecule has 0 fully saturated rings. The fourth-order valence-corrected chi connectivity index (χ4v) is 2.22. The lowest BCUT2D eigenvalue weighted by molar-refractivity contribution is -0.116. The Morgan fingerprint density at radius 3 is 2.42 bits per heavy atom. The predicted octanol–water partition coefficient (Wildman–Crippen LogP) is 3.46. The fourth-order valence-electron chi connectivity index (χ4n) is 2.22. The molecule has 3 rings (SSSR count). The first-order valence-corrected chi connectivity index (χ1v) is 7.62. The van der Waals surface area contributed by atoms with Gasteiger partial charge in [0.05, 0.1) is 6.54 Å². The van der Waals surface area contributed by atoms with Gasteiger partial charge in [0.1, 0.15) is 0 Å². The third-order valence-electron chi connectivity index (χ3n) is 3.48. The zero-order chi connectivity index (χ0) is 16.8. The number of hydrogen-bond donors (Lipinski definition) is 1. The van der Waals surface area contributed by atoms with E-state index in [0.29, 0.717) is 11.8 Å². The molecule has 24 heavy (non-hydrogen) atoms. The van der Waals surface area contributed by atoms with E-state index in [9.17, 15) is 4.79 Å². The van der Waals surface area contributed by atoms with Crippen LogP contribution in [0, 0.1) is 0 Å². The number of aromatic nitrogens is 2. The van der Waals surface area contributed by atoms with E-state index >= 15 is 0 Å². The van der Waals surface area contributed by atoms with Gasteiger partial charge in [0.25, 0.3) is 0 Å². The Balaban J connectivity index is 1.60. The largest absolute Gasteiger partial charge is 0.419 e. The SMILES string of the molecule is C/C(=C\C(=O)NCc1nnc(-c2ccccc2)o1)c1ccccc1. The van der Waals surface area contributed by atoms with Crippen LogP contribution in [0.3, 0.4) is 0 Å². The van der Waals surface area contributed by atoms with Gasteiger partial charge in [-0.1, -0.05) is 48.5 Å². The normalized spacial score (nSPS) is 11.3. The highest BCUT2D eigenvalue weighted by atomic mass is 16.4. The van der Waals surface area contributed by atoms with E-state index in [-0.39, 0.29) is 12.5 Å². The molecule has 0 bridgehead atoms. The molecule has 1 heterocycles. The van der Waals surface area contributed by atoms with Crippen LogP contribution < -0.4 is 5.32 Å². The number of carbonyl (C=O) groups excluding carboxylic acids is 1. The quantitative estimate of drug-likeness (QED) is 0.731. The standard InChI is InChI=1S/C19H17N3O2/c1-14(15-8-4-2-5-9-15)12-17(23)20-13-18-21-22-19(24-18)16-10-6-3-7-11-16/h2-12H,13H2,1H3,(H,20,23)/b14-12+. The molecular weight excluding hydrogens is 302 g/mol. The number of allylic oxidation sites excluding steroid dienone is 1. The van der Waals surface area contributed by atoms with Gasteiger partial charge < -0.3 is 9.73 Å². The second kappa shape index (κ2) is 7.37. The first kappa shape index (κ1) is 15.7. The van der Waals surface area contributed by atoms with Crippen molar-refractivity contribution in [3.05, 3.63) is 78.2 Å². The number of amides is 1. The Kier molecular flexibility index (Phi) is 4.81. The molecule has 0 saturated heterocycles. The van der Waals surface area contributed by atoms with Crippen molar-refractivity contribution in [3.63, 3.8) is 0 Å². The summed E-state index contributed by atoms with van der Waals surface area (Å²) in [7, 11) is 0. The van der Waals surface area contributed by atoms with Crippen molar-refractivity contribution in [2.45, 2.75) is 13.5 Å². The third kappa shape index (κ3) is 3.95. The molecule has 0 radical (unpaired) electrons. The molecule has 0 aliphatic rings. The maximum absolute atomic E-state index is 12.0. The maximum Gasteiger partial charge on any atom is 0.247 e. The molecule has 0 aliphatic heterocycles. The lowest BCUT2D eigenvalue weighted by Gasteiger charge is -2.02. The van der Waals surface area contributed by atoms with Gasteiger partial charge in [-0.25, -0.2) is 0 Å². The molecule has 0 unspecified atom stereocenters. The van der Waals surface area contributed by atoms with Gasteiger partial charge >= 0.3 is 0 Å². The zero-order valence-corrected chi connectivity index (χ0v) is 13.3. The van der Waals surface area contributed by atoms with Crippen molar-refractivity contribution >= 4 is 11.5 Å². The number of hydrogen-bond acceptors (Lipinski definition) is 4. The topological polar surface area (TPSA) is 68.0 Å². The minimum Gasteiger partial charge on any atom is -0.419 e. The minimum absolute atomic E-state index is 0.192. The Morgan fingerprint density at radius 2 is 1.71 bits per heavy atom. The van der Waals surface area contributed by atoms with Gasteiger partial charge in [-0.05, 0) is 30.2 Å². The van der Waals surface area contributed by atoms with Crippen LogP contribution in [-0.2, 0) is 11.3 Å². The highest BCUT2D eigenvalue weighted by Gasteiger charge is 2.09. The second-order valence-corrected chi connectivity index (χ2v) is 5.28. The van der Waals surface area contributed by atoms with Gasteiger partial charge in [-0.3, -0.25) is 4.79 Å². The fraction of sp³-hybridized carbons (Fsp3) is 0.105. The van der Waals surface area contributed by atoms with E-state index in [2.05, 4.69) is 15.5 Å². The number of nitrogens with one attached hydrogen (secondary N) is 1. The van der Waals surface area contributed by atoms with Gasteiger partial charge in [0, 0.05) is 11.6 Å². The molecule has 0 spiro atoms. The van der Waals surface area contributed by atoms with Gasteiger partial charge in [0.15, 0.2) is 0 Å². The van der Waals surface area contributed by atoms with E-state index in [0.717, 1.165) is 16.7 Å². The third-order valence-corrected chi connectivity index (χ3v) is 3.48. The number of rotatable bonds is 5. The summed E-state index contributed by atoms with van der Waals surface area (Å²) in [5, 5.41) is 10.7. The summed E-state index contributed by atoms with van der Waals surface area (Å²) in [6.45, 7) is 2.09. The molecule has 2 aromatic carbocycles. The molecule has 0 saturated carbocycles. The predicted molar refractivity (Wildman–Crippen MR) is 91.7 cm³/mol. The molecule has 1 N–H and O–H groups in total. The van der Waals surface area contributed by atoms with Gasteiger partial charge in [0.2, 0.25) is 17.7 Å². The summed E-state index contributed by atoms with van der Waals surface area (Å²) in [6.07, 6.45) is 1.56. The van der Waals surface area contributed by atoms with Crippen molar-refractivity contribution in [2.24, 2.45) is 0 Å². The summed E-state index contributed by atoms with van der Waals surface area (Å²) in [6, 6.07) is 19.2. The van der Waals surface area contributed by atoms with Crippen molar-refractivity contribution in [1.29, 1.82) is 0 Å². The summed E-state index contributed by atoms with van der Waals surface area (Å²) in [4.78, 5) is 12.0. The Bertz CT molecular complexity index is 839. The number of nitrogens with zero attached hydrogens (tertiary/aromatic N) is 2. The smallest absolute Gasteiger partial charge is 0.247 e. The Labute approximate surface area is 140 Å². The van der Waals surface area contributed by atoms with E-state index in [1.54, 1.807) is 6.08 Å². The Hall–Kier alpha value is -3.21. The van der Waals surface area contributed by atoms with Crippen LogP contribution in [0.2, 0.25) is 0 Å². The van der Waals surface area contributed by atoms with Crippen LogP contribution in [-0.4, -0.2) is 16.1 Å². The first-order valence-electron chi connectivity index (χ1n) is 7.62. The van der Waals surface area contributed by atoms with E-state index < -0.39 is 0 Å². The molecule has 5 nitrogen and oxygen atoms in total. The van der Waals surface area contributed by atoms with Gasteiger partial charge in [-0.2, -0.15) is 0 Å². The Morgan fingerprint density at radius 1 is 1.04 bits per heavy atom. The van der Waals surface area contributed by atoms with Crippen LogP contribution >= 0.6 is 0 Å². The summed E-state index contributed by atoms with van der Waals surface area (Å²) in [5.41, 5.74) is 2.75. The molecule has 3 aromatic rings. The average Bonchev–Trinajstić information content (AvgIpc) is 3.10. The van der Waals surface area contributed by atoms with Crippen molar-refractivity contribution in [3.8, 4) is 11.5 Å².